The number of nitrogen functional groups attached to an aromatic ring is 1. The molecule has 0 saturated carbocycles. The molecule has 0 aliphatic carbocycles. The minimum atomic E-state index is -4.07. The summed E-state index contributed by atoms with van der Waals surface area (Å²) < 4.78 is 34.9. The van der Waals surface area contributed by atoms with E-state index in [1.165, 1.54) is 18.1 Å². The molecule has 0 bridgehead atoms. The fourth-order valence-corrected chi connectivity index (χ4v) is 6.92. The van der Waals surface area contributed by atoms with Crippen molar-refractivity contribution in [2.45, 2.75) is 49.1 Å². The minimum Gasteiger partial charge on any atom is -0.496 e. The monoisotopic (exact) mass is 577 g/mol. The van der Waals surface area contributed by atoms with Crippen LogP contribution in [0.5, 0.6) is 5.75 Å². The van der Waals surface area contributed by atoms with Crippen molar-refractivity contribution >= 4 is 38.4 Å². The van der Waals surface area contributed by atoms with Crippen molar-refractivity contribution in [1.29, 1.82) is 5.41 Å². The number of nitrogens with two attached hydrogens (primary N) is 1. The Hall–Kier alpha value is -3.96. The number of benzene rings is 3. The Morgan fingerprint density at radius 3 is 2.46 bits per heavy atom. The number of nitrogens with zero attached hydrogens (tertiary/aromatic N) is 2. The van der Waals surface area contributed by atoms with Crippen molar-refractivity contribution in [1.82, 2.24) is 14.5 Å². The molecular weight excluding hydrogens is 542 g/mol. The SMILES string of the molecule is COc1cc(S(=O)(=O)NC2CCN(C(Cc3ccc(C(=N)N)cc3)C(=O)N3CCCCC3)C2=O)cc2ccccc12. The largest absolute Gasteiger partial charge is 0.496 e. The van der Waals surface area contributed by atoms with Gasteiger partial charge in [0, 0.05) is 43.1 Å². The normalized spacial score (nSPS) is 18.5. The summed E-state index contributed by atoms with van der Waals surface area (Å²) in [6, 6.07) is 15.6. The van der Waals surface area contributed by atoms with Gasteiger partial charge in [0.1, 0.15) is 23.7 Å². The quantitative estimate of drug-likeness (QED) is 0.263. The number of likely N-dealkylation sites (tertiary alicyclic amines) is 2. The van der Waals surface area contributed by atoms with Crippen LogP contribution < -0.4 is 15.2 Å². The summed E-state index contributed by atoms with van der Waals surface area (Å²) in [6.07, 6.45) is 3.41. The highest BCUT2D eigenvalue weighted by Crippen LogP contribution is 2.30. The summed E-state index contributed by atoms with van der Waals surface area (Å²) in [5.74, 6) is -0.175. The number of amides is 2. The number of piperidine rings is 1. The van der Waals surface area contributed by atoms with Crippen LogP contribution in [0.4, 0.5) is 0 Å². The van der Waals surface area contributed by atoms with Crippen molar-refractivity contribution in [2.75, 3.05) is 26.7 Å². The standard InChI is InChI=1S/C30H35N5O5S/c1-40-27-19-23(18-22-7-3-4-8-24(22)27)41(38,39)33-25-13-16-35(29(25)36)26(30(37)34-14-5-2-6-15-34)17-20-9-11-21(12-10-20)28(31)32/h3-4,7-12,18-19,25-26,33H,2,5-6,13-17H2,1H3,(H3,31,32). The van der Waals surface area contributed by atoms with Gasteiger partial charge >= 0.3 is 0 Å². The second-order valence-electron chi connectivity index (χ2n) is 10.6. The molecule has 5 rings (SSSR count). The molecule has 2 heterocycles. The van der Waals surface area contributed by atoms with E-state index in [1.54, 1.807) is 36.4 Å². The van der Waals surface area contributed by atoms with Crippen LogP contribution in [0.1, 0.15) is 36.8 Å². The fraction of sp³-hybridized carbons (Fsp3) is 0.367. The van der Waals surface area contributed by atoms with Gasteiger partial charge in [0.15, 0.2) is 0 Å². The Bertz CT molecular complexity index is 1570. The predicted octanol–water partition coefficient (Wildman–Crippen LogP) is 2.64. The Morgan fingerprint density at radius 1 is 1.07 bits per heavy atom. The molecule has 0 spiro atoms. The molecule has 2 amide bonds. The Kier molecular flexibility index (Phi) is 8.27. The zero-order valence-electron chi connectivity index (χ0n) is 23.0. The number of hydrogen-bond acceptors (Lipinski definition) is 6. The third-order valence-electron chi connectivity index (χ3n) is 7.89. The molecule has 2 atom stereocenters. The highest BCUT2D eigenvalue weighted by molar-refractivity contribution is 7.89. The topological polar surface area (TPSA) is 146 Å². The molecule has 2 unspecified atom stereocenters. The molecule has 2 aliphatic heterocycles. The van der Waals surface area contributed by atoms with E-state index in [0.717, 1.165) is 30.2 Å². The first-order chi connectivity index (χ1) is 19.7. The van der Waals surface area contributed by atoms with E-state index in [4.69, 9.17) is 15.9 Å². The minimum absolute atomic E-state index is 0.00537. The van der Waals surface area contributed by atoms with Crippen molar-refractivity contribution in [2.24, 2.45) is 5.73 Å². The molecule has 2 aliphatic rings. The van der Waals surface area contributed by atoms with Gasteiger partial charge in [-0.05, 0) is 42.7 Å². The predicted molar refractivity (Wildman–Crippen MR) is 156 cm³/mol. The smallest absolute Gasteiger partial charge is 0.245 e. The molecule has 2 saturated heterocycles. The van der Waals surface area contributed by atoms with Gasteiger partial charge in [0.05, 0.1) is 12.0 Å². The maximum Gasteiger partial charge on any atom is 0.245 e. The van der Waals surface area contributed by atoms with E-state index in [2.05, 4.69) is 4.72 Å². The summed E-state index contributed by atoms with van der Waals surface area (Å²) in [6.45, 7) is 1.53. The number of hydrogen-bond donors (Lipinski definition) is 3. The molecule has 3 aromatic carbocycles. The Morgan fingerprint density at radius 2 is 1.78 bits per heavy atom. The van der Waals surface area contributed by atoms with Crippen LogP contribution >= 0.6 is 0 Å². The number of nitrogens with one attached hydrogen (secondary N) is 2. The van der Waals surface area contributed by atoms with E-state index in [1.807, 2.05) is 23.1 Å². The van der Waals surface area contributed by atoms with Gasteiger partial charge in [-0.2, -0.15) is 4.72 Å². The lowest BCUT2D eigenvalue weighted by atomic mass is 10.0. The number of fused-ring (bicyclic) bond motifs is 1. The van der Waals surface area contributed by atoms with Gasteiger partial charge in [-0.25, -0.2) is 8.42 Å². The van der Waals surface area contributed by atoms with Crippen molar-refractivity contribution in [3.05, 3.63) is 71.8 Å². The van der Waals surface area contributed by atoms with Crippen LogP contribution in [0, 0.1) is 5.41 Å². The Balaban J connectivity index is 1.38. The fourth-order valence-electron chi connectivity index (χ4n) is 5.65. The first-order valence-electron chi connectivity index (χ1n) is 13.8. The second-order valence-corrected chi connectivity index (χ2v) is 12.3. The van der Waals surface area contributed by atoms with E-state index < -0.39 is 28.0 Å². The van der Waals surface area contributed by atoms with Crippen molar-refractivity contribution in [3.8, 4) is 5.75 Å². The van der Waals surface area contributed by atoms with Gasteiger partial charge < -0.3 is 20.3 Å². The number of carbonyl (C=O) groups excluding carboxylic acids is 2. The third kappa shape index (κ3) is 6.06. The van der Waals surface area contributed by atoms with E-state index in [0.29, 0.717) is 29.8 Å². The highest BCUT2D eigenvalue weighted by Gasteiger charge is 2.42. The molecule has 0 radical (unpaired) electrons. The van der Waals surface area contributed by atoms with Crippen LogP contribution in [0.15, 0.2) is 65.6 Å². The van der Waals surface area contributed by atoms with Gasteiger partial charge in [-0.3, -0.25) is 15.0 Å². The van der Waals surface area contributed by atoms with Gasteiger partial charge in [0.2, 0.25) is 21.8 Å². The molecule has 216 valence electrons. The Labute approximate surface area is 240 Å². The molecule has 41 heavy (non-hydrogen) atoms. The summed E-state index contributed by atoms with van der Waals surface area (Å²) in [5, 5.41) is 9.12. The lowest BCUT2D eigenvalue weighted by Gasteiger charge is -2.34. The number of methoxy groups -OCH3 is 1. The number of carbonyl (C=O) groups is 2. The summed E-state index contributed by atoms with van der Waals surface area (Å²) in [5.41, 5.74) is 6.98. The van der Waals surface area contributed by atoms with Crippen LogP contribution in [-0.4, -0.2) is 74.7 Å². The van der Waals surface area contributed by atoms with Gasteiger partial charge in [-0.15, -0.1) is 0 Å². The zero-order valence-corrected chi connectivity index (χ0v) is 23.8. The highest BCUT2D eigenvalue weighted by atomic mass is 32.2. The maximum atomic E-state index is 13.7. The molecular formula is C30H35N5O5S. The first-order valence-corrected chi connectivity index (χ1v) is 15.3. The van der Waals surface area contributed by atoms with E-state index in [9.17, 15) is 18.0 Å². The van der Waals surface area contributed by atoms with E-state index >= 15 is 0 Å². The van der Waals surface area contributed by atoms with Crippen LogP contribution in [-0.2, 0) is 26.0 Å². The lowest BCUT2D eigenvalue weighted by Crippen LogP contribution is -2.53. The van der Waals surface area contributed by atoms with Crippen molar-refractivity contribution < 1.29 is 22.7 Å². The molecule has 10 nitrogen and oxygen atoms in total. The number of sulfonamides is 1. The van der Waals surface area contributed by atoms with Crippen molar-refractivity contribution in [3.63, 3.8) is 0 Å². The average molecular weight is 578 g/mol. The number of amidine groups is 1. The third-order valence-corrected chi connectivity index (χ3v) is 9.34. The molecule has 2 fully saturated rings. The number of ether oxygens (including phenoxy) is 1. The first kappa shape index (κ1) is 28.6. The van der Waals surface area contributed by atoms with Crippen LogP contribution in [0.2, 0.25) is 0 Å². The second kappa shape index (κ2) is 11.9. The molecule has 11 heteroatoms. The summed E-state index contributed by atoms with van der Waals surface area (Å²) in [4.78, 5) is 30.7. The van der Waals surface area contributed by atoms with Gasteiger partial charge in [-0.1, -0.05) is 48.5 Å². The molecule has 0 aromatic heterocycles. The van der Waals surface area contributed by atoms with Gasteiger partial charge in [0.25, 0.3) is 0 Å². The zero-order chi connectivity index (χ0) is 29.1. The average Bonchev–Trinajstić information content (AvgIpc) is 3.34. The van der Waals surface area contributed by atoms with Crippen LogP contribution in [0.25, 0.3) is 10.8 Å². The van der Waals surface area contributed by atoms with Crippen LogP contribution in [0.3, 0.4) is 0 Å². The summed E-state index contributed by atoms with van der Waals surface area (Å²) in [7, 11) is -2.58. The molecule has 3 aromatic rings. The number of rotatable bonds is 9. The lowest BCUT2D eigenvalue weighted by molar-refractivity contribution is -0.144. The van der Waals surface area contributed by atoms with E-state index in [-0.39, 0.29) is 36.0 Å². The maximum absolute atomic E-state index is 13.7. The summed E-state index contributed by atoms with van der Waals surface area (Å²) >= 11 is 0. The molecule has 4 N–H and O–H groups in total.